The first-order chi connectivity index (χ1) is 9.72. The van der Waals surface area contributed by atoms with Crippen molar-refractivity contribution in [3.05, 3.63) is 0 Å². The monoisotopic (exact) mass is 300 g/mol. The summed E-state index contributed by atoms with van der Waals surface area (Å²) in [6.07, 6.45) is 2.82. The number of hydrogen-bond acceptors (Lipinski definition) is 5. The summed E-state index contributed by atoms with van der Waals surface area (Å²) in [7, 11) is 0. The molecule has 0 aromatic heterocycles. The Morgan fingerprint density at radius 3 is 2.80 bits per heavy atom. The molecule has 1 unspecified atom stereocenters. The molecule has 0 bridgehead atoms. The molecule has 114 valence electrons. The van der Waals surface area contributed by atoms with Gasteiger partial charge in [0.25, 0.3) is 0 Å². The van der Waals surface area contributed by atoms with Crippen molar-refractivity contribution >= 4 is 23.6 Å². The van der Waals surface area contributed by atoms with E-state index in [9.17, 15) is 9.59 Å². The van der Waals surface area contributed by atoms with E-state index in [1.807, 2.05) is 11.8 Å². The molecule has 2 rings (SSSR count). The van der Waals surface area contributed by atoms with Gasteiger partial charge in [0.1, 0.15) is 6.04 Å². The second-order valence-corrected chi connectivity index (χ2v) is 6.54. The molecular weight excluding hydrogens is 276 g/mol. The standard InChI is InChI=1S/C14H24N2O3S/c1-2-19-14(18)12-10-15-5-6-16(12)13(17)9-11-3-7-20-8-4-11/h11-12,15H,2-10H2,1H3. The zero-order valence-electron chi connectivity index (χ0n) is 12.1. The average Bonchev–Trinajstić information content (AvgIpc) is 2.48. The first kappa shape index (κ1) is 15.6. The largest absolute Gasteiger partial charge is 0.464 e. The Morgan fingerprint density at radius 2 is 2.10 bits per heavy atom. The molecule has 5 nitrogen and oxygen atoms in total. The van der Waals surface area contributed by atoms with Crippen molar-refractivity contribution in [3.8, 4) is 0 Å². The summed E-state index contributed by atoms with van der Waals surface area (Å²) in [5, 5.41) is 3.16. The highest BCUT2D eigenvalue weighted by Gasteiger charge is 2.33. The summed E-state index contributed by atoms with van der Waals surface area (Å²) in [5.41, 5.74) is 0. The van der Waals surface area contributed by atoms with Gasteiger partial charge in [0.15, 0.2) is 0 Å². The molecule has 2 saturated heterocycles. The Bertz CT molecular complexity index is 345. The Balaban J connectivity index is 1.92. The van der Waals surface area contributed by atoms with Crippen molar-refractivity contribution in [2.24, 2.45) is 5.92 Å². The Hall–Kier alpha value is -0.750. The van der Waals surface area contributed by atoms with E-state index in [0.29, 0.717) is 32.0 Å². The lowest BCUT2D eigenvalue weighted by Gasteiger charge is -2.35. The average molecular weight is 300 g/mol. The predicted molar refractivity (Wildman–Crippen MR) is 79.7 cm³/mol. The number of carbonyl (C=O) groups is 2. The van der Waals surface area contributed by atoms with Crippen molar-refractivity contribution in [3.63, 3.8) is 0 Å². The van der Waals surface area contributed by atoms with Gasteiger partial charge < -0.3 is 15.0 Å². The van der Waals surface area contributed by atoms with E-state index >= 15 is 0 Å². The van der Waals surface area contributed by atoms with Gasteiger partial charge in [-0.1, -0.05) is 0 Å². The molecule has 2 fully saturated rings. The van der Waals surface area contributed by atoms with E-state index < -0.39 is 6.04 Å². The summed E-state index contributed by atoms with van der Waals surface area (Å²) < 4.78 is 5.08. The molecule has 1 N–H and O–H groups in total. The number of nitrogens with zero attached hydrogens (tertiary/aromatic N) is 1. The van der Waals surface area contributed by atoms with Crippen LogP contribution in [-0.4, -0.2) is 60.6 Å². The maximum absolute atomic E-state index is 12.5. The van der Waals surface area contributed by atoms with Crippen LogP contribution in [0.1, 0.15) is 26.2 Å². The number of rotatable bonds is 4. The Kier molecular flexibility index (Phi) is 6.16. The molecule has 1 amide bonds. The second-order valence-electron chi connectivity index (χ2n) is 5.32. The van der Waals surface area contributed by atoms with Gasteiger partial charge in [-0.2, -0.15) is 11.8 Å². The van der Waals surface area contributed by atoms with Crippen molar-refractivity contribution < 1.29 is 14.3 Å². The van der Waals surface area contributed by atoms with Crippen LogP contribution in [-0.2, 0) is 14.3 Å². The first-order valence-corrected chi connectivity index (χ1v) is 8.62. The van der Waals surface area contributed by atoms with Crippen molar-refractivity contribution in [1.82, 2.24) is 10.2 Å². The molecule has 0 spiro atoms. The number of hydrogen-bond donors (Lipinski definition) is 1. The van der Waals surface area contributed by atoms with Gasteiger partial charge in [0, 0.05) is 26.1 Å². The maximum Gasteiger partial charge on any atom is 0.330 e. The zero-order valence-corrected chi connectivity index (χ0v) is 12.9. The first-order valence-electron chi connectivity index (χ1n) is 7.47. The number of thioether (sulfide) groups is 1. The summed E-state index contributed by atoms with van der Waals surface area (Å²) >= 11 is 1.96. The van der Waals surface area contributed by atoms with Gasteiger partial charge in [-0.15, -0.1) is 0 Å². The predicted octanol–water partition coefficient (Wildman–Crippen LogP) is 0.883. The van der Waals surface area contributed by atoms with E-state index in [-0.39, 0.29) is 11.9 Å². The fourth-order valence-electron chi connectivity index (χ4n) is 2.77. The van der Waals surface area contributed by atoms with Crippen LogP contribution < -0.4 is 5.32 Å². The molecule has 0 aromatic rings. The van der Waals surface area contributed by atoms with Gasteiger partial charge >= 0.3 is 5.97 Å². The lowest BCUT2D eigenvalue weighted by molar-refractivity contribution is -0.156. The van der Waals surface area contributed by atoms with Crippen LogP contribution in [0.2, 0.25) is 0 Å². The molecule has 2 heterocycles. The fraction of sp³-hybridized carbons (Fsp3) is 0.857. The third-order valence-corrected chi connectivity index (χ3v) is 4.98. The van der Waals surface area contributed by atoms with Crippen LogP contribution in [0.5, 0.6) is 0 Å². The normalized spacial score (nSPS) is 24.4. The number of piperazine rings is 1. The van der Waals surface area contributed by atoms with Crippen LogP contribution in [0.3, 0.4) is 0 Å². The van der Waals surface area contributed by atoms with E-state index in [0.717, 1.165) is 30.9 Å². The minimum absolute atomic E-state index is 0.112. The van der Waals surface area contributed by atoms with Crippen LogP contribution in [0.4, 0.5) is 0 Å². The molecule has 0 aliphatic carbocycles. The Morgan fingerprint density at radius 1 is 1.35 bits per heavy atom. The fourth-order valence-corrected chi connectivity index (χ4v) is 3.97. The zero-order chi connectivity index (χ0) is 14.4. The second kappa shape index (κ2) is 7.88. The van der Waals surface area contributed by atoms with E-state index in [1.165, 1.54) is 0 Å². The minimum Gasteiger partial charge on any atom is -0.464 e. The quantitative estimate of drug-likeness (QED) is 0.781. The highest BCUT2D eigenvalue weighted by molar-refractivity contribution is 7.99. The lowest BCUT2D eigenvalue weighted by atomic mass is 9.97. The van der Waals surface area contributed by atoms with Gasteiger partial charge in [0.2, 0.25) is 5.91 Å². The number of ether oxygens (including phenoxy) is 1. The summed E-state index contributed by atoms with van der Waals surface area (Å²) in [6, 6.07) is -0.450. The highest BCUT2D eigenvalue weighted by atomic mass is 32.2. The number of carbonyl (C=O) groups excluding carboxylic acids is 2. The topological polar surface area (TPSA) is 58.6 Å². The molecule has 0 radical (unpaired) electrons. The van der Waals surface area contributed by atoms with Crippen LogP contribution in [0.25, 0.3) is 0 Å². The molecular formula is C14H24N2O3S. The molecule has 2 aliphatic rings. The third kappa shape index (κ3) is 4.12. The van der Waals surface area contributed by atoms with Gasteiger partial charge in [-0.05, 0) is 37.2 Å². The van der Waals surface area contributed by atoms with Crippen LogP contribution in [0, 0.1) is 5.92 Å². The third-order valence-electron chi connectivity index (χ3n) is 3.93. The SMILES string of the molecule is CCOC(=O)C1CNCCN1C(=O)CC1CCSCC1. The number of nitrogens with one attached hydrogen (secondary N) is 1. The lowest BCUT2D eigenvalue weighted by Crippen LogP contribution is -2.57. The van der Waals surface area contributed by atoms with E-state index in [4.69, 9.17) is 4.74 Å². The molecule has 1 atom stereocenters. The van der Waals surface area contributed by atoms with Crippen molar-refractivity contribution in [2.75, 3.05) is 37.7 Å². The molecule has 0 aromatic carbocycles. The van der Waals surface area contributed by atoms with Gasteiger partial charge in [-0.25, -0.2) is 4.79 Å². The van der Waals surface area contributed by atoms with Crippen LogP contribution >= 0.6 is 11.8 Å². The summed E-state index contributed by atoms with van der Waals surface area (Å²) in [4.78, 5) is 26.1. The number of esters is 1. The van der Waals surface area contributed by atoms with Gasteiger partial charge in [0.05, 0.1) is 6.61 Å². The number of amides is 1. The van der Waals surface area contributed by atoms with E-state index in [1.54, 1.807) is 11.8 Å². The molecule has 20 heavy (non-hydrogen) atoms. The molecule has 2 aliphatic heterocycles. The van der Waals surface area contributed by atoms with E-state index in [2.05, 4.69) is 5.32 Å². The van der Waals surface area contributed by atoms with Crippen molar-refractivity contribution in [2.45, 2.75) is 32.2 Å². The maximum atomic E-state index is 12.5. The highest BCUT2D eigenvalue weighted by Crippen LogP contribution is 2.26. The van der Waals surface area contributed by atoms with Gasteiger partial charge in [-0.3, -0.25) is 4.79 Å². The summed E-state index contributed by atoms with van der Waals surface area (Å²) in [5.74, 6) is 2.62. The summed E-state index contributed by atoms with van der Waals surface area (Å²) in [6.45, 7) is 4.01. The molecule has 0 saturated carbocycles. The minimum atomic E-state index is -0.450. The van der Waals surface area contributed by atoms with Crippen LogP contribution in [0.15, 0.2) is 0 Å². The van der Waals surface area contributed by atoms with Crippen molar-refractivity contribution in [1.29, 1.82) is 0 Å². The smallest absolute Gasteiger partial charge is 0.330 e. The Labute approximate surface area is 124 Å². The molecule has 6 heteroatoms.